The molecule has 0 N–H and O–H groups in total. The lowest BCUT2D eigenvalue weighted by Gasteiger charge is -2.28. The van der Waals surface area contributed by atoms with Crippen molar-refractivity contribution in [1.82, 2.24) is 25.1 Å². The number of hydrogen-bond donors (Lipinski definition) is 0. The number of para-hydroxylation sites is 2. The van der Waals surface area contributed by atoms with Gasteiger partial charge in [0.15, 0.2) is 5.82 Å². The fraction of sp³-hybridized carbons (Fsp3) is 0.138. The van der Waals surface area contributed by atoms with Gasteiger partial charge in [0.25, 0.3) is 0 Å². The molecule has 0 amide bonds. The zero-order chi connectivity index (χ0) is 24.0. The predicted molar refractivity (Wildman–Crippen MR) is 137 cm³/mol. The number of benzene rings is 4. The van der Waals surface area contributed by atoms with E-state index in [4.69, 9.17) is 4.74 Å². The van der Waals surface area contributed by atoms with Crippen LogP contribution in [0.1, 0.15) is 28.6 Å². The summed E-state index contributed by atoms with van der Waals surface area (Å²) in [4.78, 5) is 2.26. The number of nitrogens with zero attached hydrogens (tertiary/aromatic N) is 5. The molecule has 1 atom stereocenters. The second-order valence-electron chi connectivity index (χ2n) is 8.53. The van der Waals surface area contributed by atoms with E-state index in [0.29, 0.717) is 6.54 Å². The van der Waals surface area contributed by atoms with E-state index in [0.717, 1.165) is 39.7 Å². The van der Waals surface area contributed by atoms with Gasteiger partial charge in [-0.15, -0.1) is 5.10 Å². The van der Waals surface area contributed by atoms with Gasteiger partial charge in [-0.1, -0.05) is 78.9 Å². The first-order valence-corrected chi connectivity index (χ1v) is 11.6. The van der Waals surface area contributed by atoms with E-state index in [1.54, 1.807) is 0 Å². The minimum atomic E-state index is -0.149. The van der Waals surface area contributed by atoms with Gasteiger partial charge in [-0.05, 0) is 71.4 Å². The Morgan fingerprint density at radius 1 is 0.800 bits per heavy atom. The fourth-order valence-electron chi connectivity index (χ4n) is 4.28. The summed E-state index contributed by atoms with van der Waals surface area (Å²) in [7, 11) is 2.10. The molecule has 0 aliphatic heterocycles. The Hall–Kier alpha value is -4.29. The Morgan fingerprint density at radius 3 is 2.26 bits per heavy atom. The molecule has 0 radical (unpaired) electrons. The molecule has 0 spiro atoms. The normalized spacial score (nSPS) is 12.0. The molecule has 5 aromatic rings. The van der Waals surface area contributed by atoms with Crippen LogP contribution < -0.4 is 4.74 Å². The number of aryl methyl sites for hydroxylation is 1. The van der Waals surface area contributed by atoms with Crippen molar-refractivity contribution < 1.29 is 4.74 Å². The second kappa shape index (κ2) is 10.3. The van der Waals surface area contributed by atoms with Crippen LogP contribution in [0.25, 0.3) is 5.69 Å². The van der Waals surface area contributed by atoms with Crippen LogP contribution in [0.3, 0.4) is 0 Å². The Kier molecular flexibility index (Phi) is 6.63. The van der Waals surface area contributed by atoms with Crippen molar-refractivity contribution in [1.29, 1.82) is 0 Å². The van der Waals surface area contributed by atoms with E-state index in [2.05, 4.69) is 64.7 Å². The SMILES string of the molecule is Cc1ccccc1-n1nnnc1[C@H](c1ccccc1)N(C)Cc1cccc(Oc2ccccc2)c1. The van der Waals surface area contributed by atoms with Gasteiger partial charge in [0, 0.05) is 6.54 Å². The van der Waals surface area contributed by atoms with Gasteiger partial charge >= 0.3 is 0 Å². The third-order valence-electron chi connectivity index (χ3n) is 5.95. The largest absolute Gasteiger partial charge is 0.457 e. The van der Waals surface area contributed by atoms with E-state index in [1.165, 1.54) is 0 Å². The Labute approximate surface area is 205 Å². The van der Waals surface area contributed by atoms with Gasteiger partial charge in [0.1, 0.15) is 11.5 Å². The van der Waals surface area contributed by atoms with Gasteiger partial charge in [0.05, 0.1) is 11.7 Å². The third-order valence-corrected chi connectivity index (χ3v) is 5.95. The first-order chi connectivity index (χ1) is 17.2. The molecule has 0 aliphatic carbocycles. The Balaban J connectivity index is 1.47. The molecule has 35 heavy (non-hydrogen) atoms. The summed E-state index contributed by atoms with van der Waals surface area (Å²) in [5.74, 6) is 2.39. The summed E-state index contributed by atoms with van der Waals surface area (Å²) in [6.07, 6.45) is 0. The van der Waals surface area contributed by atoms with Crippen LogP contribution in [0.4, 0.5) is 0 Å². The minimum absolute atomic E-state index is 0.149. The molecule has 0 aliphatic rings. The lowest BCUT2D eigenvalue weighted by Crippen LogP contribution is -2.28. The lowest BCUT2D eigenvalue weighted by atomic mass is 10.0. The molecule has 174 valence electrons. The van der Waals surface area contributed by atoms with Crippen LogP contribution in [-0.4, -0.2) is 32.2 Å². The standard InChI is InChI=1S/C29H27N5O/c1-22-12-9-10-19-27(22)34-29(30-31-32-34)28(24-14-5-3-6-15-24)33(2)21-23-13-11-18-26(20-23)35-25-16-7-4-8-17-25/h3-20,28H,21H2,1-2H3/t28-/m0/s1. The summed E-state index contributed by atoms with van der Waals surface area (Å²) < 4.78 is 7.90. The van der Waals surface area contributed by atoms with E-state index in [-0.39, 0.29) is 6.04 Å². The summed E-state index contributed by atoms with van der Waals surface area (Å²) in [6.45, 7) is 2.76. The predicted octanol–water partition coefficient (Wildman–Crippen LogP) is 5.98. The fourth-order valence-corrected chi connectivity index (χ4v) is 4.28. The maximum Gasteiger partial charge on any atom is 0.178 e. The van der Waals surface area contributed by atoms with Gasteiger partial charge < -0.3 is 4.74 Å². The van der Waals surface area contributed by atoms with Crippen molar-refractivity contribution in [2.45, 2.75) is 19.5 Å². The smallest absolute Gasteiger partial charge is 0.178 e. The average molecular weight is 462 g/mol. The third kappa shape index (κ3) is 5.13. The maximum absolute atomic E-state index is 6.05. The van der Waals surface area contributed by atoms with E-state index in [9.17, 15) is 0 Å². The average Bonchev–Trinajstić information content (AvgIpc) is 3.35. The maximum atomic E-state index is 6.05. The number of hydrogen-bond acceptors (Lipinski definition) is 5. The topological polar surface area (TPSA) is 56.1 Å². The highest BCUT2D eigenvalue weighted by atomic mass is 16.5. The zero-order valence-corrected chi connectivity index (χ0v) is 19.8. The molecule has 1 aromatic heterocycles. The van der Waals surface area contributed by atoms with Crippen LogP contribution in [0.2, 0.25) is 0 Å². The van der Waals surface area contributed by atoms with Gasteiger partial charge in [-0.25, -0.2) is 0 Å². The Morgan fingerprint density at radius 2 is 1.49 bits per heavy atom. The summed E-state index contributed by atoms with van der Waals surface area (Å²) in [5.41, 5.74) is 4.34. The van der Waals surface area contributed by atoms with Crippen molar-refractivity contribution in [3.8, 4) is 17.2 Å². The van der Waals surface area contributed by atoms with Crippen molar-refractivity contribution >= 4 is 0 Å². The molecule has 6 nitrogen and oxygen atoms in total. The number of ether oxygens (including phenoxy) is 1. The number of rotatable bonds is 8. The molecular weight excluding hydrogens is 434 g/mol. The van der Waals surface area contributed by atoms with Gasteiger partial charge in [0.2, 0.25) is 0 Å². The molecule has 0 unspecified atom stereocenters. The monoisotopic (exact) mass is 461 g/mol. The summed E-state index contributed by atoms with van der Waals surface area (Å²) in [6, 6.07) is 36.4. The van der Waals surface area contributed by atoms with Crippen LogP contribution in [0, 0.1) is 6.92 Å². The molecule has 0 bridgehead atoms. The quantitative estimate of drug-likeness (QED) is 0.284. The van der Waals surface area contributed by atoms with Crippen LogP contribution in [-0.2, 0) is 6.54 Å². The highest BCUT2D eigenvalue weighted by Gasteiger charge is 2.26. The summed E-state index contributed by atoms with van der Waals surface area (Å²) >= 11 is 0. The van der Waals surface area contributed by atoms with Crippen LogP contribution in [0.5, 0.6) is 11.5 Å². The van der Waals surface area contributed by atoms with Crippen molar-refractivity contribution in [2.75, 3.05) is 7.05 Å². The minimum Gasteiger partial charge on any atom is -0.457 e. The van der Waals surface area contributed by atoms with Crippen LogP contribution >= 0.6 is 0 Å². The number of aromatic nitrogens is 4. The molecule has 4 aromatic carbocycles. The second-order valence-corrected chi connectivity index (χ2v) is 8.53. The molecule has 1 heterocycles. The van der Waals surface area contributed by atoms with E-state index in [1.807, 2.05) is 83.5 Å². The molecule has 6 heteroatoms. The van der Waals surface area contributed by atoms with Crippen molar-refractivity contribution in [3.63, 3.8) is 0 Å². The molecule has 0 saturated heterocycles. The Bertz CT molecular complexity index is 1380. The molecule has 0 saturated carbocycles. The zero-order valence-electron chi connectivity index (χ0n) is 19.8. The first kappa shape index (κ1) is 22.5. The molecule has 5 rings (SSSR count). The van der Waals surface area contributed by atoms with Crippen LogP contribution in [0.15, 0.2) is 109 Å². The highest BCUT2D eigenvalue weighted by molar-refractivity contribution is 5.41. The van der Waals surface area contributed by atoms with Gasteiger partial charge in [-0.3, -0.25) is 4.90 Å². The lowest BCUT2D eigenvalue weighted by molar-refractivity contribution is 0.258. The van der Waals surface area contributed by atoms with Gasteiger partial charge in [-0.2, -0.15) is 4.68 Å². The molecular formula is C29H27N5O. The van der Waals surface area contributed by atoms with Crippen molar-refractivity contribution in [2.24, 2.45) is 0 Å². The summed E-state index contributed by atoms with van der Waals surface area (Å²) in [5, 5.41) is 12.9. The van der Waals surface area contributed by atoms with E-state index < -0.39 is 0 Å². The molecule has 0 fully saturated rings. The number of tetrazole rings is 1. The van der Waals surface area contributed by atoms with Crippen molar-refractivity contribution in [3.05, 3.63) is 132 Å². The highest BCUT2D eigenvalue weighted by Crippen LogP contribution is 2.30. The van der Waals surface area contributed by atoms with E-state index >= 15 is 0 Å². The first-order valence-electron chi connectivity index (χ1n) is 11.6.